The first-order valence-corrected chi connectivity index (χ1v) is 10.6. The van der Waals surface area contributed by atoms with Crippen LogP contribution in [0, 0.1) is 5.92 Å². The van der Waals surface area contributed by atoms with Gasteiger partial charge in [-0.05, 0) is 30.9 Å². The summed E-state index contributed by atoms with van der Waals surface area (Å²) in [6, 6.07) is 8.46. The number of morpholine rings is 1. The molecule has 1 fully saturated rings. The molecule has 1 aliphatic rings. The number of nitrogens with zero attached hydrogens (tertiary/aromatic N) is 2. The Bertz CT molecular complexity index is 581. The summed E-state index contributed by atoms with van der Waals surface area (Å²) >= 11 is 0. The lowest BCUT2D eigenvalue weighted by Crippen LogP contribution is -2.50. The topological polar surface area (TPSA) is 58.1 Å². The normalized spacial score (nSPS) is 17.8. The average Bonchev–Trinajstić information content (AvgIpc) is 2.69. The SMILES string of the molecule is CCNC(=NCc1ccc(COCC)cc1)NCC1CN(CC(C)C)CCO1.I. The van der Waals surface area contributed by atoms with E-state index in [1.807, 2.05) is 6.92 Å². The minimum atomic E-state index is 0. The quantitative estimate of drug-likeness (QED) is 0.283. The molecule has 1 heterocycles. The molecule has 1 saturated heterocycles. The minimum absolute atomic E-state index is 0. The van der Waals surface area contributed by atoms with Crippen LogP contribution in [0.15, 0.2) is 29.3 Å². The van der Waals surface area contributed by atoms with Crippen LogP contribution >= 0.6 is 24.0 Å². The summed E-state index contributed by atoms with van der Waals surface area (Å²) in [6.07, 6.45) is 0.203. The van der Waals surface area contributed by atoms with E-state index in [1.54, 1.807) is 0 Å². The van der Waals surface area contributed by atoms with Crippen molar-refractivity contribution in [2.24, 2.45) is 10.9 Å². The van der Waals surface area contributed by atoms with Crippen molar-refractivity contribution in [1.82, 2.24) is 15.5 Å². The molecular formula is C22H39IN4O2. The van der Waals surface area contributed by atoms with Crippen LogP contribution in [-0.2, 0) is 22.6 Å². The van der Waals surface area contributed by atoms with Gasteiger partial charge in [0.15, 0.2) is 5.96 Å². The fourth-order valence-corrected chi connectivity index (χ4v) is 3.27. The van der Waals surface area contributed by atoms with Gasteiger partial charge in [-0.25, -0.2) is 4.99 Å². The molecule has 1 aromatic rings. The molecule has 1 aromatic carbocycles. The van der Waals surface area contributed by atoms with Crippen molar-refractivity contribution in [2.45, 2.75) is 47.0 Å². The number of ether oxygens (including phenoxy) is 2. The fourth-order valence-electron chi connectivity index (χ4n) is 3.27. The van der Waals surface area contributed by atoms with Crippen molar-refractivity contribution in [3.05, 3.63) is 35.4 Å². The second-order valence-electron chi connectivity index (χ2n) is 7.68. The molecular weight excluding hydrogens is 479 g/mol. The zero-order valence-electron chi connectivity index (χ0n) is 18.4. The van der Waals surface area contributed by atoms with Crippen molar-refractivity contribution in [3.8, 4) is 0 Å². The predicted octanol–water partition coefficient (Wildman–Crippen LogP) is 3.25. The number of halogens is 1. The van der Waals surface area contributed by atoms with Crippen LogP contribution in [-0.4, -0.2) is 62.9 Å². The molecule has 0 aromatic heterocycles. The molecule has 1 aliphatic heterocycles. The lowest BCUT2D eigenvalue weighted by Gasteiger charge is -2.34. The zero-order valence-corrected chi connectivity index (χ0v) is 20.8. The second-order valence-corrected chi connectivity index (χ2v) is 7.68. The highest BCUT2D eigenvalue weighted by atomic mass is 127. The third-order valence-corrected chi connectivity index (χ3v) is 4.60. The van der Waals surface area contributed by atoms with E-state index in [0.717, 1.165) is 51.9 Å². The van der Waals surface area contributed by atoms with Crippen LogP contribution < -0.4 is 10.6 Å². The molecule has 2 N–H and O–H groups in total. The highest BCUT2D eigenvalue weighted by Gasteiger charge is 2.21. The van der Waals surface area contributed by atoms with Gasteiger partial charge in [0.05, 0.1) is 25.9 Å². The minimum Gasteiger partial charge on any atom is -0.377 e. The van der Waals surface area contributed by atoms with E-state index in [4.69, 9.17) is 14.5 Å². The molecule has 1 atom stereocenters. The molecule has 2 rings (SSSR count). The van der Waals surface area contributed by atoms with Gasteiger partial charge < -0.3 is 20.1 Å². The van der Waals surface area contributed by atoms with Crippen LogP contribution in [0.25, 0.3) is 0 Å². The molecule has 1 unspecified atom stereocenters. The first-order valence-electron chi connectivity index (χ1n) is 10.6. The summed E-state index contributed by atoms with van der Waals surface area (Å²) in [6.45, 7) is 16.2. The highest BCUT2D eigenvalue weighted by Crippen LogP contribution is 2.08. The van der Waals surface area contributed by atoms with E-state index >= 15 is 0 Å². The molecule has 0 saturated carbocycles. The monoisotopic (exact) mass is 518 g/mol. The van der Waals surface area contributed by atoms with Crippen molar-refractivity contribution >= 4 is 29.9 Å². The Morgan fingerprint density at radius 2 is 1.93 bits per heavy atom. The Balaban J connectivity index is 0.00000420. The predicted molar refractivity (Wildman–Crippen MR) is 131 cm³/mol. The molecule has 166 valence electrons. The van der Waals surface area contributed by atoms with Gasteiger partial charge in [-0.3, -0.25) is 4.90 Å². The lowest BCUT2D eigenvalue weighted by molar-refractivity contribution is -0.0284. The maximum Gasteiger partial charge on any atom is 0.191 e. The number of nitrogens with one attached hydrogen (secondary N) is 2. The number of aliphatic imine (C=N–C) groups is 1. The van der Waals surface area contributed by atoms with Gasteiger partial charge in [-0.15, -0.1) is 24.0 Å². The average molecular weight is 518 g/mol. The molecule has 0 spiro atoms. The van der Waals surface area contributed by atoms with E-state index in [9.17, 15) is 0 Å². The van der Waals surface area contributed by atoms with Gasteiger partial charge in [0.2, 0.25) is 0 Å². The second kappa shape index (κ2) is 15.0. The van der Waals surface area contributed by atoms with E-state index in [1.165, 1.54) is 11.1 Å². The summed E-state index contributed by atoms with van der Waals surface area (Å²) in [5.41, 5.74) is 2.38. The van der Waals surface area contributed by atoms with E-state index in [2.05, 4.69) is 60.6 Å². The summed E-state index contributed by atoms with van der Waals surface area (Å²) in [4.78, 5) is 7.22. The van der Waals surface area contributed by atoms with Gasteiger partial charge in [0.1, 0.15) is 0 Å². The molecule has 0 amide bonds. The molecule has 0 aliphatic carbocycles. The van der Waals surface area contributed by atoms with Crippen LogP contribution in [0.5, 0.6) is 0 Å². The molecule has 6 nitrogen and oxygen atoms in total. The van der Waals surface area contributed by atoms with Crippen molar-refractivity contribution in [1.29, 1.82) is 0 Å². The molecule has 0 radical (unpaired) electrons. The number of benzene rings is 1. The fraction of sp³-hybridized carbons (Fsp3) is 0.682. The summed E-state index contributed by atoms with van der Waals surface area (Å²) in [5, 5.41) is 6.77. The Hall–Kier alpha value is -0.900. The van der Waals surface area contributed by atoms with E-state index in [-0.39, 0.29) is 30.1 Å². The molecule has 7 heteroatoms. The van der Waals surface area contributed by atoms with Gasteiger partial charge in [-0.2, -0.15) is 0 Å². The first-order chi connectivity index (χ1) is 13.6. The smallest absolute Gasteiger partial charge is 0.191 e. The van der Waals surface area contributed by atoms with Gasteiger partial charge >= 0.3 is 0 Å². The van der Waals surface area contributed by atoms with Gasteiger partial charge in [0, 0.05) is 39.3 Å². The third kappa shape index (κ3) is 10.6. The van der Waals surface area contributed by atoms with Gasteiger partial charge in [-0.1, -0.05) is 38.1 Å². The summed E-state index contributed by atoms with van der Waals surface area (Å²) < 4.78 is 11.4. The zero-order chi connectivity index (χ0) is 20.2. The maximum atomic E-state index is 5.93. The van der Waals surface area contributed by atoms with Crippen LogP contribution in [0.3, 0.4) is 0 Å². The Kier molecular flexibility index (Phi) is 13.5. The van der Waals surface area contributed by atoms with Crippen LogP contribution in [0.1, 0.15) is 38.8 Å². The molecule has 0 bridgehead atoms. The highest BCUT2D eigenvalue weighted by molar-refractivity contribution is 14.0. The van der Waals surface area contributed by atoms with E-state index < -0.39 is 0 Å². The lowest BCUT2D eigenvalue weighted by atomic mass is 10.1. The summed E-state index contributed by atoms with van der Waals surface area (Å²) in [7, 11) is 0. The maximum absolute atomic E-state index is 5.93. The van der Waals surface area contributed by atoms with Gasteiger partial charge in [0.25, 0.3) is 0 Å². The Morgan fingerprint density at radius 1 is 1.21 bits per heavy atom. The van der Waals surface area contributed by atoms with Crippen LogP contribution in [0.2, 0.25) is 0 Å². The van der Waals surface area contributed by atoms with E-state index in [0.29, 0.717) is 19.1 Å². The number of hydrogen-bond donors (Lipinski definition) is 2. The molecule has 29 heavy (non-hydrogen) atoms. The number of rotatable bonds is 10. The van der Waals surface area contributed by atoms with Crippen LogP contribution in [0.4, 0.5) is 0 Å². The first kappa shape index (κ1) is 26.1. The number of guanidine groups is 1. The van der Waals surface area contributed by atoms with Crippen molar-refractivity contribution < 1.29 is 9.47 Å². The number of hydrogen-bond acceptors (Lipinski definition) is 4. The third-order valence-electron chi connectivity index (χ3n) is 4.60. The standard InChI is InChI=1S/C22H38N4O2.HI/c1-5-23-22(24-13-19-7-9-20(10-8-19)17-27-6-2)25-14-21-16-26(11-12-28-21)15-18(3)4;/h7-10,18,21H,5-6,11-17H2,1-4H3,(H2,23,24,25);1H. The Labute approximate surface area is 193 Å². The largest absolute Gasteiger partial charge is 0.377 e. The van der Waals surface area contributed by atoms with Crippen molar-refractivity contribution in [3.63, 3.8) is 0 Å². The summed E-state index contributed by atoms with van der Waals surface area (Å²) in [5.74, 6) is 1.52. The van der Waals surface area contributed by atoms with Crippen molar-refractivity contribution in [2.75, 3.05) is 45.9 Å². The Morgan fingerprint density at radius 3 is 2.59 bits per heavy atom.